The van der Waals surface area contributed by atoms with Gasteiger partial charge >= 0.3 is 0 Å². The van der Waals surface area contributed by atoms with Crippen LogP contribution in [-0.4, -0.2) is 68.3 Å². The Morgan fingerprint density at radius 3 is 2.79 bits per heavy atom. The molecule has 0 spiro atoms. The Hall–Kier alpha value is -0.650. The minimum absolute atomic E-state index is 0.127. The molecule has 0 aliphatic carbocycles. The summed E-state index contributed by atoms with van der Waals surface area (Å²) in [5, 5.41) is 3.25. The summed E-state index contributed by atoms with van der Waals surface area (Å²) in [4.78, 5) is 15.7. The molecule has 80 valence electrons. The smallest absolute Gasteiger partial charge is 0.254 e. The molecule has 2 saturated heterocycles. The lowest BCUT2D eigenvalue weighted by molar-refractivity contribution is -0.141. The molecule has 2 aliphatic heterocycles. The molecule has 0 bridgehead atoms. The number of hydrogen-bond donors (Lipinski definition) is 1. The Balaban J connectivity index is 1.97. The van der Waals surface area contributed by atoms with Gasteiger partial charge in [-0.2, -0.15) is 0 Å². The quantitative estimate of drug-likeness (QED) is 0.570. The molecule has 2 heterocycles. The van der Waals surface area contributed by atoms with Gasteiger partial charge in [-0.3, -0.25) is 15.0 Å². The van der Waals surface area contributed by atoms with E-state index in [-0.39, 0.29) is 12.1 Å². The molecule has 2 aliphatic rings. The van der Waals surface area contributed by atoms with Gasteiger partial charge in [0.25, 0.3) is 5.91 Å². The fourth-order valence-corrected chi connectivity index (χ4v) is 1.90. The van der Waals surface area contributed by atoms with Gasteiger partial charge in [0.15, 0.2) is 0 Å². The maximum Gasteiger partial charge on any atom is 0.254 e. The third kappa shape index (κ3) is 1.89. The van der Waals surface area contributed by atoms with Gasteiger partial charge in [-0.25, -0.2) is 0 Å². The van der Waals surface area contributed by atoms with Crippen molar-refractivity contribution < 1.29 is 9.53 Å². The highest BCUT2D eigenvalue weighted by Crippen LogP contribution is 2.07. The van der Waals surface area contributed by atoms with Crippen LogP contribution in [0.3, 0.4) is 0 Å². The Morgan fingerprint density at radius 2 is 2.07 bits per heavy atom. The first-order chi connectivity index (χ1) is 6.79. The number of morpholine rings is 1. The van der Waals surface area contributed by atoms with Gasteiger partial charge in [-0.1, -0.05) is 0 Å². The van der Waals surface area contributed by atoms with Gasteiger partial charge in [0.2, 0.25) is 0 Å². The Labute approximate surface area is 84.0 Å². The first-order valence-corrected chi connectivity index (χ1v) is 5.09. The summed E-state index contributed by atoms with van der Waals surface area (Å²) >= 11 is 0. The minimum Gasteiger partial charge on any atom is -0.379 e. The molecule has 1 unspecified atom stereocenters. The molecule has 0 aromatic carbocycles. The molecule has 14 heavy (non-hydrogen) atoms. The molecule has 0 saturated carbocycles. The third-order valence-corrected chi connectivity index (χ3v) is 2.81. The average molecular weight is 199 g/mol. The van der Waals surface area contributed by atoms with Crippen molar-refractivity contribution in [3.8, 4) is 0 Å². The van der Waals surface area contributed by atoms with E-state index in [1.165, 1.54) is 0 Å². The van der Waals surface area contributed by atoms with E-state index in [1.54, 1.807) is 4.90 Å². The summed E-state index contributed by atoms with van der Waals surface area (Å²) in [6.07, 6.45) is -0.127. The lowest BCUT2D eigenvalue weighted by atomic mass is 10.2. The van der Waals surface area contributed by atoms with Crippen LogP contribution in [0.15, 0.2) is 0 Å². The molecule has 0 aromatic heterocycles. The summed E-state index contributed by atoms with van der Waals surface area (Å²) in [5.41, 5.74) is 0. The highest BCUT2D eigenvalue weighted by atomic mass is 16.5. The van der Waals surface area contributed by atoms with Crippen LogP contribution >= 0.6 is 0 Å². The number of hydrogen-bond acceptors (Lipinski definition) is 4. The fraction of sp³-hybridized carbons (Fsp3) is 0.889. The molecule has 5 heteroatoms. The maximum atomic E-state index is 11.8. The van der Waals surface area contributed by atoms with Gasteiger partial charge in [-0.05, 0) is 0 Å². The number of rotatable bonds is 1. The summed E-state index contributed by atoms with van der Waals surface area (Å²) < 4.78 is 5.26. The van der Waals surface area contributed by atoms with E-state index >= 15 is 0 Å². The van der Waals surface area contributed by atoms with Crippen LogP contribution in [-0.2, 0) is 9.53 Å². The number of nitrogens with zero attached hydrogens (tertiary/aromatic N) is 2. The number of carbonyl (C=O) groups excluding carboxylic acids is 1. The highest BCUT2D eigenvalue weighted by Gasteiger charge is 2.31. The molecular weight excluding hydrogens is 182 g/mol. The second-order valence-electron chi connectivity index (χ2n) is 3.76. The summed E-state index contributed by atoms with van der Waals surface area (Å²) in [6.45, 7) is 4.84. The van der Waals surface area contributed by atoms with Crippen LogP contribution in [0.25, 0.3) is 0 Å². The Kier molecular flexibility index (Phi) is 3.00. The largest absolute Gasteiger partial charge is 0.379 e. The van der Waals surface area contributed by atoms with Crippen molar-refractivity contribution in [2.24, 2.45) is 0 Å². The molecule has 0 radical (unpaired) electrons. The summed E-state index contributed by atoms with van der Waals surface area (Å²) in [7, 11) is 1.86. The van der Waals surface area contributed by atoms with E-state index in [1.807, 2.05) is 7.05 Å². The van der Waals surface area contributed by atoms with Crippen molar-refractivity contribution in [2.75, 3.05) is 46.4 Å². The molecular formula is C9H17N3O2. The molecule has 2 fully saturated rings. The minimum atomic E-state index is -0.127. The molecule has 1 N–H and O–H groups in total. The van der Waals surface area contributed by atoms with Gasteiger partial charge < -0.3 is 9.64 Å². The van der Waals surface area contributed by atoms with E-state index in [0.29, 0.717) is 0 Å². The molecule has 5 nitrogen and oxygen atoms in total. The van der Waals surface area contributed by atoms with Crippen molar-refractivity contribution in [3.05, 3.63) is 0 Å². The summed E-state index contributed by atoms with van der Waals surface area (Å²) in [6, 6.07) is 0. The fourth-order valence-electron chi connectivity index (χ4n) is 1.90. The van der Waals surface area contributed by atoms with Gasteiger partial charge in [0.05, 0.1) is 13.2 Å². The maximum absolute atomic E-state index is 11.8. The zero-order valence-electron chi connectivity index (χ0n) is 8.53. The topological polar surface area (TPSA) is 44.8 Å². The van der Waals surface area contributed by atoms with E-state index in [9.17, 15) is 4.79 Å². The summed E-state index contributed by atoms with van der Waals surface area (Å²) in [5.74, 6) is 0.179. The lowest BCUT2D eigenvalue weighted by Gasteiger charge is -2.39. The number of piperazine rings is 1. The van der Waals surface area contributed by atoms with Crippen molar-refractivity contribution in [3.63, 3.8) is 0 Å². The van der Waals surface area contributed by atoms with E-state index in [0.717, 1.165) is 39.4 Å². The van der Waals surface area contributed by atoms with Gasteiger partial charge in [-0.15, -0.1) is 0 Å². The number of ether oxygens (including phenoxy) is 1. The van der Waals surface area contributed by atoms with E-state index in [4.69, 9.17) is 4.74 Å². The van der Waals surface area contributed by atoms with Crippen LogP contribution in [0.4, 0.5) is 0 Å². The van der Waals surface area contributed by atoms with Crippen LogP contribution in [0.2, 0.25) is 0 Å². The monoisotopic (exact) mass is 199 g/mol. The third-order valence-electron chi connectivity index (χ3n) is 2.81. The normalized spacial score (nSPS) is 30.8. The van der Waals surface area contributed by atoms with Crippen molar-refractivity contribution in [1.82, 2.24) is 15.1 Å². The SMILES string of the molecule is CN1CCNC(N2CCOCC2)C1=O. The lowest BCUT2D eigenvalue weighted by Crippen LogP contribution is -2.62. The predicted molar refractivity (Wildman–Crippen MR) is 51.8 cm³/mol. The van der Waals surface area contributed by atoms with E-state index < -0.39 is 0 Å². The molecule has 1 amide bonds. The Morgan fingerprint density at radius 1 is 1.36 bits per heavy atom. The van der Waals surface area contributed by atoms with Crippen molar-refractivity contribution >= 4 is 5.91 Å². The van der Waals surface area contributed by atoms with E-state index in [2.05, 4.69) is 10.2 Å². The predicted octanol–water partition coefficient (Wildman–Crippen LogP) is -1.29. The van der Waals surface area contributed by atoms with Crippen molar-refractivity contribution in [1.29, 1.82) is 0 Å². The number of nitrogens with one attached hydrogen (secondary N) is 1. The second kappa shape index (κ2) is 4.25. The number of amides is 1. The Bertz CT molecular complexity index is 216. The standard InChI is InChI=1S/C9H17N3O2/c1-11-3-2-10-8(9(11)13)12-4-6-14-7-5-12/h8,10H,2-7H2,1H3. The van der Waals surface area contributed by atoms with Gasteiger partial charge in [0, 0.05) is 33.2 Å². The first-order valence-electron chi connectivity index (χ1n) is 5.09. The molecule has 0 aromatic rings. The zero-order valence-corrected chi connectivity index (χ0v) is 8.53. The zero-order chi connectivity index (χ0) is 9.97. The first kappa shape index (κ1) is 9.89. The molecule has 2 rings (SSSR count). The van der Waals surface area contributed by atoms with Crippen LogP contribution in [0, 0.1) is 0 Å². The number of likely N-dealkylation sites (N-methyl/N-ethyl adjacent to an activating group) is 1. The van der Waals surface area contributed by atoms with Crippen LogP contribution in [0.1, 0.15) is 0 Å². The molecule has 1 atom stereocenters. The van der Waals surface area contributed by atoms with Gasteiger partial charge in [0.1, 0.15) is 6.17 Å². The van der Waals surface area contributed by atoms with Crippen molar-refractivity contribution in [2.45, 2.75) is 6.17 Å². The highest BCUT2D eigenvalue weighted by molar-refractivity contribution is 5.82. The second-order valence-corrected chi connectivity index (χ2v) is 3.76. The number of carbonyl (C=O) groups is 1. The van der Waals surface area contributed by atoms with Crippen LogP contribution < -0.4 is 5.32 Å². The average Bonchev–Trinajstić information content (AvgIpc) is 2.23. The van der Waals surface area contributed by atoms with Crippen LogP contribution in [0.5, 0.6) is 0 Å².